The molecule has 0 unspecified atom stereocenters. The zero-order chi connectivity index (χ0) is 20.3. The lowest BCUT2D eigenvalue weighted by molar-refractivity contribution is -0.143. The molecular formula is C19H20F3N3O3. The number of carbonyl (C=O) groups is 2. The van der Waals surface area contributed by atoms with Crippen LogP contribution in [0.15, 0.2) is 30.5 Å². The largest absolute Gasteiger partial charge is 0.478 e. The molecule has 1 aromatic heterocycles. The highest BCUT2D eigenvalue weighted by atomic mass is 19.4. The van der Waals surface area contributed by atoms with Crippen molar-refractivity contribution in [2.75, 3.05) is 6.54 Å². The molecular weight excluding hydrogens is 375 g/mol. The van der Waals surface area contributed by atoms with E-state index in [1.165, 1.54) is 49.9 Å². The summed E-state index contributed by atoms with van der Waals surface area (Å²) in [4.78, 5) is 23.2. The average molecular weight is 395 g/mol. The molecule has 2 aromatic rings. The third kappa shape index (κ3) is 4.35. The highest BCUT2D eigenvalue weighted by molar-refractivity contribution is 5.94. The predicted octanol–water partition coefficient (Wildman–Crippen LogP) is 3.90. The number of rotatable bonds is 6. The van der Waals surface area contributed by atoms with Crippen molar-refractivity contribution in [2.45, 2.75) is 38.3 Å². The molecule has 150 valence electrons. The van der Waals surface area contributed by atoms with E-state index in [1.807, 2.05) is 0 Å². The quantitative estimate of drug-likeness (QED) is 0.777. The van der Waals surface area contributed by atoms with Gasteiger partial charge in [0.05, 0.1) is 11.9 Å². The molecule has 1 amide bonds. The van der Waals surface area contributed by atoms with E-state index in [2.05, 4.69) is 10.4 Å². The van der Waals surface area contributed by atoms with Gasteiger partial charge in [-0.2, -0.15) is 18.3 Å². The average Bonchev–Trinajstić information content (AvgIpc) is 3.31. The van der Waals surface area contributed by atoms with Crippen molar-refractivity contribution in [1.29, 1.82) is 0 Å². The molecule has 0 saturated heterocycles. The third-order valence-electron chi connectivity index (χ3n) is 4.96. The number of aromatic nitrogens is 2. The van der Waals surface area contributed by atoms with Gasteiger partial charge in [0.15, 0.2) is 5.69 Å². The molecule has 1 saturated carbocycles. The van der Waals surface area contributed by atoms with Crippen LogP contribution < -0.4 is 5.32 Å². The third-order valence-corrected chi connectivity index (χ3v) is 4.96. The first-order valence-electron chi connectivity index (χ1n) is 9.04. The number of carbonyl (C=O) groups excluding carboxylic acids is 1. The number of hydrogen-bond acceptors (Lipinski definition) is 3. The van der Waals surface area contributed by atoms with Crippen LogP contribution in [-0.4, -0.2) is 33.3 Å². The summed E-state index contributed by atoms with van der Waals surface area (Å²) in [6.45, 7) is 0.560. The second kappa shape index (κ2) is 8.04. The molecule has 0 atom stereocenters. The Morgan fingerprint density at radius 1 is 1.18 bits per heavy atom. The molecule has 0 aliphatic heterocycles. The smallest absolute Gasteiger partial charge is 0.434 e. The van der Waals surface area contributed by atoms with Crippen molar-refractivity contribution in [3.63, 3.8) is 0 Å². The van der Waals surface area contributed by atoms with Crippen LogP contribution >= 0.6 is 0 Å². The maximum Gasteiger partial charge on any atom is 0.434 e. The summed E-state index contributed by atoms with van der Waals surface area (Å²) >= 11 is 0. The van der Waals surface area contributed by atoms with Gasteiger partial charge in [0.2, 0.25) is 0 Å². The molecule has 1 fully saturated rings. The van der Waals surface area contributed by atoms with Crippen LogP contribution in [0, 0.1) is 5.92 Å². The number of benzene rings is 1. The zero-order valence-electron chi connectivity index (χ0n) is 15.0. The normalized spacial score (nSPS) is 15.0. The lowest BCUT2D eigenvalue weighted by Crippen LogP contribution is -2.25. The van der Waals surface area contributed by atoms with Gasteiger partial charge in [0.25, 0.3) is 5.91 Å². The monoisotopic (exact) mass is 395 g/mol. The van der Waals surface area contributed by atoms with Crippen molar-refractivity contribution in [3.05, 3.63) is 47.3 Å². The lowest BCUT2D eigenvalue weighted by Gasteiger charge is -2.12. The highest BCUT2D eigenvalue weighted by Gasteiger charge is 2.40. The van der Waals surface area contributed by atoms with Gasteiger partial charge >= 0.3 is 12.1 Å². The van der Waals surface area contributed by atoms with Crippen LogP contribution in [0.5, 0.6) is 0 Å². The van der Waals surface area contributed by atoms with Gasteiger partial charge in [0, 0.05) is 12.1 Å². The van der Waals surface area contributed by atoms with Crippen molar-refractivity contribution in [2.24, 2.45) is 5.92 Å². The molecule has 0 radical (unpaired) electrons. The van der Waals surface area contributed by atoms with Gasteiger partial charge in [-0.3, -0.25) is 4.79 Å². The molecule has 6 nitrogen and oxygen atoms in total. The van der Waals surface area contributed by atoms with Crippen LogP contribution in [-0.2, 0) is 6.18 Å². The lowest BCUT2D eigenvalue weighted by atomic mass is 10.0. The van der Waals surface area contributed by atoms with Crippen LogP contribution in [0.25, 0.3) is 5.69 Å². The predicted molar refractivity (Wildman–Crippen MR) is 94.4 cm³/mol. The van der Waals surface area contributed by atoms with Crippen molar-refractivity contribution in [3.8, 4) is 5.69 Å². The van der Waals surface area contributed by atoms with Crippen LogP contribution in [0.1, 0.15) is 58.5 Å². The van der Waals surface area contributed by atoms with Crippen molar-refractivity contribution < 1.29 is 27.9 Å². The van der Waals surface area contributed by atoms with E-state index >= 15 is 0 Å². The van der Waals surface area contributed by atoms with Gasteiger partial charge < -0.3 is 10.4 Å². The molecule has 28 heavy (non-hydrogen) atoms. The van der Waals surface area contributed by atoms with E-state index in [0.29, 0.717) is 28.9 Å². The first-order chi connectivity index (χ1) is 13.3. The second-order valence-electron chi connectivity index (χ2n) is 6.86. The fraction of sp³-hybridized carbons (Fsp3) is 0.421. The van der Waals surface area contributed by atoms with Crippen molar-refractivity contribution in [1.82, 2.24) is 15.1 Å². The van der Waals surface area contributed by atoms with Crippen LogP contribution in [0.2, 0.25) is 0 Å². The second-order valence-corrected chi connectivity index (χ2v) is 6.86. The van der Waals surface area contributed by atoms with Gasteiger partial charge in [0.1, 0.15) is 5.56 Å². The maximum atomic E-state index is 13.3. The summed E-state index contributed by atoms with van der Waals surface area (Å²) < 4.78 is 40.3. The minimum absolute atomic E-state index is 0.0160. The van der Waals surface area contributed by atoms with E-state index in [0.717, 1.165) is 6.42 Å². The summed E-state index contributed by atoms with van der Waals surface area (Å²) in [6.07, 6.45) is 1.54. The number of carboxylic acid groups (broad SMARTS) is 1. The number of nitrogens with one attached hydrogen (secondary N) is 1. The summed E-state index contributed by atoms with van der Waals surface area (Å²) in [6, 6.07) is 5.39. The van der Waals surface area contributed by atoms with E-state index in [4.69, 9.17) is 5.11 Å². The highest BCUT2D eigenvalue weighted by Crippen LogP contribution is 2.33. The summed E-state index contributed by atoms with van der Waals surface area (Å²) in [5.41, 5.74) is -1.97. The minimum Gasteiger partial charge on any atom is -0.478 e. The molecule has 2 N–H and O–H groups in total. The molecule has 9 heteroatoms. The topological polar surface area (TPSA) is 84.2 Å². The van der Waals surface area contributed by atoms with Gasteiger partial charge in [-0.25, -0.2) is 9.48 Å². The maximum absolute atomic E-state index is 13.3. The Hall–Kier alpha value is -2.84. The zero-order valence-corrected chi connectivity index (χ0v) is 15.0. The Kier molecular flexibility index (Phi) is 5.71. The number of alkyl halides is 3. The Morgan fingerprint density at radius 3 is 2.39 bits per heavy atom. The standard InChI is InChI=1S/C19H20F3N3O3/c20-19(21,22)16-15(18(27)28)11-24-25(16)14-7-5-13(6-8-14)17(26)23-10-9-12-3-1-2-4-12/h5-8,11-12H,1-4,9-10H2,(H,23,26)(H,27,28). The SMILES string of the molecule is O=C(NCCC1CCCC1)c1ccc(-n2ncc(C(=O)O)c2C(F)(F)F)cc1. The Morgan fingerprint density at radius 2 is 1.82 bits per heavy atom. The van der Waals surface area contributed by atoms with Crippen LogP contribution in [0.3, 0.4) is 0 Å². The molecule has 1 aromatic carbocycles. The first-order valence-corrected chi connectivity index (χ1v) is 9.04. The first kappa shape index (κ1) is 19.9. The number of hydrogen-bond donors (Lipinski definition) is 2. The number of aromatic carboxylic acids is 1. The van der Waals surface area contributed by atoms with E-state index < -0.39 is 23.4 Å². The number of halogens is 3. The summed E-state index contributed by atoms with van der Waals surface area (Å²) in [7, 11) is 0. The molecule has 1 heterocycles. The summed E-state index contributed by atoms with van der Waals surface area (Å²) in [5, 5.41) is 15.3. The molecule has 0 spiro atoms. The number of amides is 1. The van der Waals surface area contributed by atoms with Gasteiger partial charge in [-0.15, -0.1) is 0 Å². The van der Waals surface area contributed by atoms with Gasteiger partial charge in [-0.05, 0) is 36.6 Å². The Bertz CT molecular complexity index is 854. The van der Waals surface area contributed by atoms with E-state index in [-0.39, 0.29) is 11.6 Å². The van der Waals surface area contributed by atoms with Gasteiger partial charge in [-0.1, -0.05) is 25.7 Å². The minimum atomic E-state index is -4.89. The van der Waals surface area contributed by atoms with E-state index in [1.54, 1.807) is 0 Å². The molecule has 1 aliphatic carbocycles. The van der Waals surface area contributed by atoms with Crippen molar-refractivity contribution >= 4 is 11.9 Å². The molecule has 3 rings (SSSR count). The van der Waals surface area contributed by atoms with Crippen LogP contribution in [0.4, 0.5) is 13.2 Å². The Labute approximate surface area is 159 Å². The molecule has 0 bridgehead atoms. The Balaban J connectivity index is 1.72. The fourth-order valence-electron chi connectivity index (χ4n) is 3.52. The molecule has 1 aliphatic rings. The van der Waals surface area contributed by atoms with E-state index in [9.17, 15) is 22.8 Å². The number of nitrogens with zero attached hydrogens (tertiary/aromatic N) is 2. The number of carboxylic acids is 1. The summed E-state index contributed by atoms with van der Waals surface area (Å²) in [5.74, 6) is -1.36. The fourth-order valence-corrected chi connectivity index (χ4v) is 3.52.